The van der Waals surface area contributed by atoms with Gasteiger partial charge in [-0.15, -0.1) is 0 Å². The molecule has 2 nitrogen and oxygen atoms in total. The highest BCUT2D eigenvalue weighted by molar-refractivity contribution is 8.00. The van der Waals surface area contributed by atoms with Crippen molar-refractivity contribution in [2.45, 2.75) is 56.4 Å². The number of nitrogens with one attached hydrogen (secondary N) is 1. The molecule has 2 unspecified atom stereocenters. The van der Waals surface area contributed by atoms with Gasteiger partial charge in [0.2, 0.25) is 0 Å². The molecule has 2 aliphatic rings. The first kappa shape index (κ1) is 12.7. The van der Waals surface area contributed by atoms with E-state index in [1.807, 2.05) is 0 Å². The number of rotatable bonds is 4. The van der Waals surface area contributed by atoms with Crippen LogP contribution < -0.4 is 5.32 Å². The van der Waals surface area contributed by atoms with Crippen LogP contribution in [0.3, 0.4) is 0 Å². The third-order valence-electron chi connectivity index (χ3n) is 4.51. The Hall–Kier alpha value is 0.270. The summed E-state index contributed by atoms with van der Waals surface area (Å²) in [5, 5.41) is 3.70. The van der Waals surface area contributed by atoms with Crippen molar-refractivity contribution in [2.75, 3.05) is 25.9 Å². The molecule has 2 atom stereocenters. The second kappa shape index (κ2) is 4.51. The molecule has 0 bridgehead atoms. The minimum Gasteiger partial charge on any atom is -0.309 e. The van der Waals surface area contributed by atoms with Crippen molar-refractivity contribution in [1.82, 2.24) is 10.2 Å². The Bertz CT molecular complexity index is 250. The summed E-state index contributed by atoms with van der Waals surface area (Å²) < 4.78 is 0.611. The second-order valence-corrected chi connectivity index (χ2v) is 7.21. The van der Waals surface area contributed by atoms with Crippen molar-refractivity contribution < 1.29 is 0 Å². The Balaban J connectivity index is 1.96. The number of thioether (sulfide) groups is 1. The van der Waals surface area contributed by atoms with E-state index in [9.17, 15) is 0 Å². The quantitative estimate of drug-likeness (QED) is 0.814. The molecule has 1 heterocycles. The van der Waals surface area contributed by atoms with Crippen molar-refractivity contribution in [3.8, 4) is 0 Å². The average molecular weight is 242 g/mol. The lowest BCUT2D eigenvalue weighted by Crippen LogP contribution is -2.62. The van der Waals surface area contributed by atoms with Crippen LogP contribution in [0.4, 0.5) is 0 Å². The summed E-state index contributed by atoms with van der Waals surface area (Å²) in [6.45, 7) is 10.7. The first-order valence-corrected chi connectivity index (χ1v) is 7.79. The normalized spacial score (nSPS) is 38.6. The molecular formula is C13H26N2S. The lowest BCUT2D eigenvalue weighted by Gasteiger charge is -2.46. The van der Waals surface area contributed by atoms with E-state index < -0.39 is 0 Å². The van der Waals surface area contributed by atoms with Gasteiger partial charge in [-0.3, -0.25) is 4.90 Å². The minimum atomic E-state index is 0.334. The highest BCUT2D eigenvalue weighted by Gasteiger charge is 2.45. The van der Waals surface area contributed by atoms with E-state index in [2.05, 4.69) is 49.0 Å². The van der Waals surface area contributed by atoms with E-state index in [-0.39, 0.29) is 0 Å². The molecule has 2 rings (SSSR count). The van der Waals surface area contributed by atoms with Crippen molar-refractivity contribution in [3.63, 3.8) is 0 Å². The maximum Gasteiger partial charge on any atom is 0.0285 e. The maximum absolute atomic E-state index is 3.70. The first-order valence-electron chi connectivity index (χ1n) is 6.57. The molecule has 1 saturated heterocycles. The molecule has 1 aliphatic carbocycles. The van der Waals surface area contributed by atoms with Gasteiger partial charge in [0.25, 0.3) is 0 Å². The molecule has 2 fully saturated rings. The molecule has 94 valence electrons. The Morgan fingerprint density at radius 1 is 1.44 bits per heavy atom. The van der Waals surface area contributed by atoms with E-state index in [1.165, 1.54) is 32.4 Å². The van der Waals surface area contributed by atoms with Gasteiger partial charge in [-0.05, 0) is 39.4 Å². The van der Waals surface area contributed by atoms with Gasteiger partial charge in [0.15, 0.2) is 0 Å². The smallest absolute Gasteiger partial charge is 0.0285 e. The Kier molecular flexibility index (Phi) is 3.58. The molecule has 0 aromatic carbocycles. The van der Waals surface area contributed by atoms with Crippen LogP contribution in [0.25, 0.3) is 0 Å². The second-order valence-electron chi connectivity index (χ2n) is 5.94. The zero-order valence-corrected chi connectivity index (χ0v) is 12.0. The van der Waals surface area contributed by atoms with Gasteiger partial charge in [-0.25, -0.2) is 0 Å². The third kappa shape index (κ3) is 2.57. The molecular weight excluding hydrogens is 216 g/mol. The first-order chi connectivity index (χ1) is 7.52. The zero-order valence-electron chi connectivity index (χ0n) is 11.2. The summed E-state index contributed by atoms with van der Waals surface area (Å²) in [7, 11) is 0. The maximum atomic E-state index is 3.70. The van der Waals surface area contributed by atoms with E-state index in [1.54, 1.807) is 0 Å². The SMILES string of the molecule is CCC1(C)CN(CC2(SC)CC2)C(C)CN1. The van der Waals surface area contributed by atoms with Crippen LogP contribution in [0.5, 0.6) is 0 Å². The number of nitrogens with zero attached hydrogens (tertiary/aromatic N) is 1. The molecule has 0 aromatic heterocycles. The van der Waals surface area contributed by atoms with Crippen LogP contribution in [0.2, 0.25) is 0 Å². The lowest BCUT2D eigenvalue weighted by molar-refractivity contribution is 0.0920. The van der Waals surface area contributed by atoms with E-state index in [0.717, 1.165) is 6.54 Å². The topological polar surface area (TPSA) is 15.3 Å². The van der Waals surface area contributed by atoms with Gasteiger partial charge in [-0.1, -0.05) is 6.92 Å². The van der Waals surface area contributed by atoms with Gasteiger partial charge < -0.3 is 5.32 Å². The summed E-state index contributed by atoms with van der Waals surface area (Å²) in [5.74, 6) is 0. The Morgan fingerprint density at radius 3 is 2.62 bits per heavy atom. The molecule has 1 aliphatic heterocycles. The molecule has 3 heteroatoms. The van der Waals surface area contributed by atoms with Crippen LogP contribution in [0.15, 0.2) is 0 Å². The summed E-state index contributed by atoms with van der Waals surface area (Å²) in [4.78, 5) is 2.71. The average Bonchev–Trinajstić information content (AvgIpc) is 3.05. The van der Waals surface area contributed by atoms with Crippen molar-refractivity contribution in [2.24, 2.45) is 0 Å². The summed E-state index contributed by atoms with van der Waals surface area (Å²) in [6, 6.07) is 0.698. The van der Waals surface area contributed by atoms with Gasteiger partial charge >= 0.3 is 0 Å². The highest BCUT2D eigenvalue weighted by Crippen LogP contribution is 2.48. The summed E-state index contributed by atoms with van der Waals surface area (Å²) >= 11 is 2.08. The summed E-state index contributed by atoms with van der Waals surface area (Å²) in [6.07, 6.45) is 6.35. The Labute approximate surface area is 105 Å². The molecule has 0 spiro atoms. The monoisotopic (exact) mass is 242 g/mol. The summed E-state index contributed by atoms with van der Waals surface area (Å²) in [5.41, 5.74) is 0.334. The van der Waals surface area contributed by atoms with Crippen LogP contribution in [-0.4, -0.2) is 47.1 Å². The van der Waals surface area contributed by atoms with Gasteiger partial charge in [0.1, 0.15) is 0 Å². The van der Waals surface area contributed by atoms with Crippen LogP contribution >= 0.6 is 11.8 Å². The lowest BCUT2D eigenvalue weighted by atomic mass is 9.93. The highest BCUT2D eigenvalue weighted by atomic mass is 32.2. The van der Waals surface area contributed by atoms with Crippen LogP contribution in [0.1, 0.15) is 40.0 Å². The largest absolute Gasteiger partial charge is 0.309 e. The van der Waals surface area contributed by atoms with Gasteiger partial charge in [0, 0.05) is 36.0 Å². The zero-order chi connectivity index (χ0) is 11.8. The molecule has 1 saturated carbocycles. The minimum absolute atomic E-state index is 0.334. The van der Waals surface area contributed by atoms with Crippen molar-refractivity contribution >= 4 is 11.8 Å². The Morgan fingerprint density at radius 2 is 2.12 bits per heavy atom. The standard InChI is InChI=1S/C13H26N2S/c1-5-12(3)9-15(11(2)8-14-12)10-13(16-4)6-7-13/h11,14H,5-10H2,1-4H3. The van der Waals surface area contributed by atoms with Crippen LogP contribution in [0, 0.1) is 0 Å². The van der Waals surface area contributed by atoms with Gasteiger partial charge in [0.05, 0.1) is 0 Å². The predicted molar refractivity (Wildman–Crippen MR) is 73.2 cm³/mol. The third-order valence-corrected chi connectivity index (χ3v) is 5.92. The molecule has 1 N–H and O–H groups in total. The van der Waals surface area contributed by atoms with Gasteiger partial charge in [-0.2, -0.15) is 11.8 Å². The van der Waals surface area contributed by atoms with E-state index in [4.69, 9.17) is 0 Å². The number of hydrogen-bond acceptors (Lipinski definition) is 3. The fourth-order valence-electron chi connectivity index (χ4n) is 2.57. The van der Waals surface area contributed by atoms with Crippen molar-refractivity contribution in [1.29, 1.82) is 0 Å². The molecule has 0 radical (unpaired) electrons. The molecule has 16 heavy (non-hydrogen) atoms. The van der Waals surface area contributed by atoms with E-state index >= 15 is 0 Å². The predicted octanol–water partition coefficient (Wildman–Crippen LogP) is 2.34. The number of piperazine rings is 1. The fourth-order valence-corrected chi connectivity index (χ4v) is 3.37. The molecule has 0 aromatic rings. The number of hydrogen-bond donors (Lipinski definition) is 1. The molecule has 0 amide bonds. The van der Waals surface area contributed by atoms with E-state index in [0.29, 0.717) is 16.3 Å². The fraction of sp³-hybridized carbons (Fsp3) is 1.00. The van der Waals surface area contributed by atoms with Crippen LogP contribution in [-0.2, 0) is 0 Å². The van der Waals surface area contributed by atoms with Crippen molar-refractivity contribution in [3.05, 3.63) is 0 Å².